The Bertz CT molecular complexity index is 1360. The van der Waals surface area contributed by atoms with Crippen molar-refractivity contribution in [3.63, 3.8) is 0 Å². The molecule has 0 aromatic rings. The number of aliphatic hydroxyl groups excluding tert-OH is 5. The lowest BCUT2D eigenvalue weighted by atomic mass is 9.37. The van der Waals surface area contributed by atoms with E-state index in [1.54, 1.807) is 0 Å². The molecule has 6 N–H and O–H groups in total. The highest BCUT2D eigenvalue weighted by molar-refractivity contribution is 5.66. The van der Waals surface area contributed by atoms with Crippen LogP contribution < -0.4 is 0 Å². The zero-order chi connectivity index (χ0) is 38.6. The fourth-order valence-corrected chi connectivity index (χ4v) is 13.7. The van der Waals surface area contributed by atoms with E-state index < -0.39 is 60.6 Å². The van der Waals surface area contributed by atoms with E-state index in [-0.39, 0.29) is 63.5 Å². The average molecular weight is 739 g/mol. The van der Waals surface area contributed by atoms with Gasteiger partial charge in [0.2, 0.25) is 0 Å². The lowest BCUT2D eigenvalue weighted by Crippen LogP contribution is -2.68. The van der Waals surface area contributed by atoms with Crippen LogP contribution in [0.3, 0.4) is 0 Å². The molecule has 0 spiro atoms. The molecule has 5 saturated carbocycles. The highest BCUT2D eigenvalue weighted by atomic mass is 16.7. The first kappa shape index (κ1) is 40.3. The molecule has 0 radical (unpaired) electrons. The van der Waals surface area contributed by atoms with Crippen molar-refractivity contribution in [1.29, 1.82) is 0 Å². The van der Waals surface area contributed by atoms with Crippen molar-refractivity contribution in [2.75, 3.05) is 6.61 Å². The van der Waals surface area contributed by atoms with Gasteiger partial charge in [0, 0.05) is 24.7 Å². The van der Waals surface area contributed by atoms with Crippen LogP contribution in [0.25, 0.3) is 0 Å². The smallest absolute Gasteiger partial charge is 0.302 e. The molecule has 1 heterocycles. The van der Waals surface area contributed by atoms with Gasteiger partial charge in [0.05, 0.1) is 17.8 Å². The predicted octanol–water partition coefficient (Wildman–Crippen LogP) is 3.24. The molecule has 6 aliphatic rings. The van der Waals surface area contributed by atoms with Crippen molar-refractivity contribution >= 4 is 11.9 Å². The molecule has 12 heteroatoms. The van der Waals surface area contributed by atoms with Crippen LogP contribution in [0.5, 0.6) is 0 Å². The first-order valence-electron chi connectivity index (χ1n) is 19.7. The van der Waals surface area contributed by atoms with Crippen molar-refractivity contribution in [3.8, 4) is 0 Å². The van der Waals surface area contributed by atoms with Crippen molar-refractivity contribution in [1.82, 2.24) is 0 Å². The van der Waals surface area contributed by atoms with Gasteiger partial charge in [-0.05, 0) is 112 Å². The van der Waals surface area contributed by atoms with E-state index in [0.717, 1.165) is 44.9 Å². The highest BCUT2D eigenvalue weighted by Crippen LogP contribution is 2.91. The first-order valence-corrected chi connectivity index (χ1v) is 19.7. The quantitative estimate of drug-likeness (QED) is 0.142. The lowest BCUT2D eigenvalue weighted by molar-refractivity contribution is -0.344. The molecule has 12 nitrogen and oxygen atoms in total. The number of rotatable bonds is 10. The molecule has 298 valence electrons. The molecular formula is C40H66O12. The van der Waals surface area contributed by atoms with Gasteiger partial charge in [-0.15, -0.1) is 0 Å². The van der Waals surface area contributed by atoms with E-state index in [0.29, 0.717) is 18.8 Å². The Morgan fingerprint density at radius 2 is 1.56 bits per heavy atom. The molecule has 5 aliphatic carbocycles. The van der Waals surface area contributed by atoms with Gasteiger partial charge < -0.3 is 49.6 Å². The first-order chi connectivity index (χ1) is 24.0. The van der Waals surface area contributed by atoms with Crippen LogP contribution in [0.2, 0.25) is 0 Å². The Morgan fingerprint density at radius 3 is 2.17 bits per heavy atom. The summed E-state index contributed by atoms with van der Waals surface area (Å²) in [6.45, 7) is 16.7. The second kappa shape index (κ2) is 13.4. The summed E-state index contributed by atoms with van der Waals surface area (Å²) >= 11 is 0. The number of aliphatic hydroxyl groups is 6. The third kappa shape index (κ3) is 5.99. The molecule has 6 fully saturated rings. The summed E-state index contributed by atoms with van der Waals surface area (Å²) in [5.41, 5.74) is -2.38. The number of esters is 2. The molecule has 1 saturated heterocycles. The summed E-state index contributed by atoms with van der Waals surface area (Å²) in [5.74, 6) is -0.142. The van der Waals surface area contributed by atoms with Crippen LogP contribution in [0.1, 0.15) is 120 Å². The van der Waals surface area contributed by atoms with Crippen LogP contribution in [-0.4, -0.2) is 110 Å². The van der Waals surface area contributed by atoms with Crippen LogP contribution in [-0.2, 0) is 28.5 Å². The molecule has 6 rings (SSSR count). The van der Waals surface area contributed by atoms with E-state index in [1.807, 2.05) is 0 Å². The van der Waals surface area contributed by atoms with E-state index in [9.17, 15) is 40.2 Å². The molecule has 0 bridgehead atoms. The molecule has 0 aromatic heterocycles. The standard InChI is InChI=1S/C40H66O12/c1-20(16-24(43)33(47)36(6,7)48)23-10-15-40-19-39(23,40)14-11-26-37(8)13-12-28(50-22(3)42)35(4,5)27(37)17-29(38(26,40)9)52-34-32(46)31(45)30(44)25(51-34)18-49-21(2)41/h20,23-34,43-48H,10-19H2,1-9H3/t20-,23+,24+,25-,26-,27+,28-,29-,30-,31+,32-,33+,34+,37-,38+,39-,40-/m1/s1. The normalized spacial score (nSPS) is 48.2. The minimum Gasteiger partial charge on any atom is -0.463 e. The highest BCUT2D eigenvalue weighted by Gasteiger charge is 2.85. The number of carbonyl (C=O) groups is 2. The number of hydrogen-bond donors (Lipinski definition) is 6. The van der Waals surface area contributed by atoms with Crippen molar-refractivity contribution in [2.45, 2.75) is 181 Å². The Morgan fingerprint density at radius 1 is 0.885 bits per heavy atom. The Kier molecular flexibility index (Phi) is 10.4. The number of fused-ring (bicyclic) bond motifs is 3. The third-order valence-corrected chi connectivity index (χ3v) is 16.2. The fraction of sp³-hybridized carbons (Fsp3) is 0.950. The van der Waals surface area contributed by atoms with Crippen LogP contribution in [0.15, 0.2) is 0 Å². The topological polar surface area (TPSA) is 192 Å². The largest absolute Gasteiger partial charge is 0.463 e. The van der Waals surface area contributed by atoms with Gasteiger partial charge >= 0.3 is 11.9 Å². The summed E-state index contributed by atoms with van der Waals surface area (Å²) in [5, 5.41) is 65.2. The van der Waals surface area contributed by atoms with E-state index >= 15 is 0 Å². The molecule has 52 heavy (non-hydrogen) atoms. The van der Waals surface area contributed by atoms with Crippen molar-refractivity contribution in [3.05, 3.63) is 0 Å². The summed E-state index contributed by atoms with van der Waals surface area (Å²) in [6, 6.07) is 0. The third-order valence-electron chi connectivity index (χ3n) is 16.2. The van der Waals surface area contributed by atoms with Crippen molar-refractivity contribution < 1.29 is 59.2 Å². The van der Waals surface area contributed by atoms with Gasteiger partial charge in [0.15, 0.2) is 6.29 Å². The maximum atomic E-state index is 12.3. The maximum absolute atomic E-state index is 12.3. The lowest BCUT2D eigenvalue weighted by Gasteiger charge is -2.69. The van der Waals surface area contributed by atoms with Crippen LogP contribution in [0, 0.1) is 50.7 Å². The molecule has 17 atom stereocenters. The number of ether oxygens (including phenoxy) is 4. The maximum Gasteiger partial charge on any atom is 0.302 e. The minimum atomic E-state index is -1.58. The molecule has 0 aromatic carbocycles. The second-order valence-corrected chi connectivity index (χ2v) is 19.5. The zero-order valence-corrected chi connectivity index (χ0v) is 32.7. The monoisotopic (exact) mass is 738 g/mol. The van der Waals surface area contributed by atoms with Gasteiger partial charge in [-0.3, -0.25) is 9.59 Å². The summed E-state index contributed by atoms with van der Waals surface area (Å²) in [4.78, 5) is 23.9. The fourth-order valence-electron chi connectivity index (χ4n) is 13.7. The van der Waals surface area contributed by atoms with E-state index in [4.69, 9.17) is 18.9 Å². The van der Waals surface area contributed by atoms with Gasteiger partial charge in [0.25, 0.3) is 0 Å². The minimum absolute atomic E-state index is 0.00590. The Hall–Kier alpha value is -1.38. The molecule has 0 amide bonds. The van der Waals surface area contributed by atoms with Gasteiger partial charge in [0.1, 0.15) is 43.2 Å². The zero-order valence-electron chi connectivity index (χ0n) is 32.7. The van der Waals surface area contributed by atoms with Crippen LogP contribution in [0.4, 0.5) is 0 Å². The van der Waals surface area contributed by atoms with E-state index in [1.165, 1.54) is 27.7 Å². The summed E-state index contributed by atoms with van der Waals surface area (Å²) < 4.78 is 24.3. The van der Waals surface area contributed by atoms with Gasteiger partial charge in [-0.1, -0.05) is 34.6 Å². The second-order valence-electron chi connectivity index (χ2n) is 19.5. The predicted molar refractivity (Wildman–Crippen MR) is 188 cm³/mol. The van der Waals surface area contributed by atoms with Gasteiger partial charge in [-0.25, -0.2) is 0 Å². The van der Waals surface area contributed by atoms with Crippen LogP contribution >= 0.6 is 0 Å². The molecular weight excluding hydrogens is 672 g/mol. The average Bonchev–Trinajstić information content (AvgIpc) is 3.61. The number of hydrogen-bond acceptors (Lipinski definition) is 12. The Labute approximate surface area is 308 Å². The van der Waals surface area contributed by atoms with Gasteiger partial charge in [-0.2, -0.15) is 0 Å². The van der Waals surface area contributed by atoms with E-state index in [2.05, 4.69) is 34.6 Å². The summed E-state index contributed by atoms with van der Waals surface area (Å²) in [6.07, 6.45) is -2.40. The molecule has 0 unspecified atom stereocenters. The molecule has 1 aliphatic heterocycles. The SMILES string of the molecule is CC(=O)OC[C@H]1O[C@@H](O[C@@H]2C[C@H]3C(C)(C)[C@H](OC(C)=O)CC[C@]3(C)[C@H]3CC[C@]45C[C@]4(CC[C@H]5[C@H](C)C[C@H](O)[C@H](O)C(C)(C)O)[C@@]32C)[C@H](O)[C@@H](O)[C@@H]1O. The van der Waals surface area contributed by atoms with Crippen molar-refractivity contribution in [2.24, 2.45) is 50.7 Å². The summed E-state index contributed by atoms with van der Waals surface area (Å²) in [7, 11) is 0. The Balaban J connectivity index is 1.36. The number of carbonyl (C=O) groups excluding carboxylic acids is 2.